The summed E-state index contributed by atoms with van der Waals surface area (Å²) in [4.78, 5) is 53.8. The highest BCUT2D eigenvalue weighted by molar-refractivity contribution is 7.99. The van der Waals surface area contributed by atoms with Crippen molar-refractivity contribution in [2.75, 3.05) is 9.80 Å². The number of benzene rings is 2. The van der Waals surface area contributed by atoms with Crippen LogP contribution in [-0.2, 0) is 19.2 Å². The van der Waals surface area contributed by atoms with E-state index >= 15 is 0 Å². The Bertz CT molecular complexity index is 1190. The van der Waals surface area contributed by atoms with Crippen LogP contribution in [0.1, 0.15) is 36.1 Å². The molecular weight excluding hydrogens is 436 g/mol. The summed E-state index contributed by atoms with van der Waals surface area (Å²) in [5.74, 6) is -1.24. The summed E-state index contributed by atoms with van der Waals surface area (Å²) in [6, 6.07) is 7.42. The molecule has 0 spiro atoms. The topological polar surface area (TPSA) is 74.8 Å². The lowest BCUT2D eigenvalue weighted by Gasteiger charge is -2.21. The Kier molecular flexibility index (Phi) is 5.62. The largest absolute Gasteiger partial charge is 0.269 e. The number of carbonyl (C=O) groups excluding carboxylic acids is 4. The number of carbonyl (C=O) groups is 4. The van der Waals surface area contributed by atoms with Gasteiger partial charge in [-0.2, -0.15) is 0 Å². The third-order valence-electron chi connectivity index (χ3n) is 5.81. The zero-order chi connectivity index (χ0) is 24.2. The molecule has 2 aliphatic heterocycles. The summed E-state index contributed by atoms with van der Waals surface area (Å²) < 4.78 is 0. The van der Waals surface area contributed by atoms with E-state index in [0.717, 1.165) is 32.0 Å². The average Bonchev–Trinajstić information content (AvgIpc) is 3.12. The predicted octanol–water partition coefficient (Wildman–Crippen LogP) is 4.71. The van der Waals surface area contributed by atoms with E-state index in [2.05, 4.69) is 0 Å². The number of imide groups is 2. The van der Waals surface area contributed by atoms with Crippen molar-refractivity contribution in [3.05, 3.63) is 69.8 Å². The normalized spacial score (nSPS) is 16.2. The number of nitrogens with zero attached hydrogens (tertiary/aromatic N) is 2. The fraction of sp³-hybridized carbons (Fsp3) is 0.231. The molecule has 4 amide bonds. The highest BCUT2D eigenvalue weighted by atomic mass is 32.2. The number of rotatable bonds is 4. The summed E-state index contributed by atoms with van der Waals surface area (Å²) in [5, 5.41) is 0. The molecule has 7 heteroatoms. The van der Waals surface area contributed by atoms with Gasteiger partial charge in [-0.3, -0.25) is 19.2 Å². The Labute approximate surface area is 196 Å². The van der Waals surface area contributed by atoms with Crippen LogP contribution in [0.25, 0.3) is 0 Å². The fourth-order valence-corrected chi connectivity index (χ4v) is 5.29. The van der Waals surface area contributed by atoms with Crippen molar-refractivity contribution in [1.29, 1.82) is 0 Å². The van der Waals surface area contributed by atoms with E-state index in [0.29, 0.717) is 22.5 Å². The van der Waals surface area contributed by atoms with E-state index in [4.69, 9.17) is 0 Å². The molecule has 4 rings (SSSR count). The lowest BCUT2D eigenvalue weighted by Crippen LogP contribution is -2.30. The molecule has 0 saturated carbocycles. The van der Waals surface area contributed by atoms with Gasteiger partial charge in [-0.1, -0.05) is 11.8 Å². The molecule has 33 heavy (non-hydrogen) atoms. The van der Waals surface area contributed by atoms with Crippen LogP contribution in [0.2, 0.25) is 0 Å². The smallest absolute Gasteiger partial charge is 0.261 e. The van der Waals surface area contributed by atoms with Crippen molar-refractivity contribution in [2.24, 2.45) is 0 Å². The standard InChI is InChI=1S/C26H24N2O4S/c1-13-7-19(27-21(29)11-17(5)25(27)31)8-14(2)23(13)33-24-15(3)9-20(10-16(24)4)28-22(30)12-18(6)26(28)32/h7-12H,1-6H3. The van der Waals surface area contributed by atoms with Crippen LogP contribution in [0.3, 0.4) is 0 Å². The van der Waals surface area contributed by atoms with Crippen LogP contribution in [0.15, 0.2) is 57.4 Å². The van der Waals surface area contributed by atoms with E-state index < -0.39 is 0 Å². The second-order valence-corrected chi connectivity index (χ2v) is 9.55. The highest BCUT2D eigenvalue weighted by Gasteiger charge is 2.31. The van der Waals surface area contributed by atoms with Gasteiger partial charge in [-0.15, -0.1) is 0 Å². The maximum atomic E-state index is 12.4. The van der Waals surface area contributed by atoms with Crippen molar-refractivity contribution in [3.63, 3.8) is 0 Å². The lowest BCUT2D eigenvalue weighted by molar-refractivity contribution is -0.121. The van der Waals surface area contributed by atoms with Crippen molar-refractivity contribution in [3.8, 4) is 0 Å². The van der Waals surface area contributed by atoms with E-state index in [-0.39, 0.29) is 23.6 Å². The molecule has 0 fully saturated rings. The van der Waals surface area contributed by atoms with Crippen LogP contribution in [0.5, 0.6) is 0 Å². The van der Waals surface area contributed by atoms with Gasteiger partial charge >= 0.3 is 0 Å². The first-order chi connectivity index (χ1) is 15.5. The van der Waals surface area contributed by atoms with Crippen molar-refractivity contribution in [1.82, 2.24) is 0 Å². The van der Waals surface area contributed by atoms with Crippen molar-refractivity contribution in [2.45, 2.75) is 51.3 Å². The Morgan fingerprint density at radius 1 is 0.545 bits per heavy atom. The molecule has 0 aromatic heterocycles. The zero-order valence-electron chi connectivity index (χ0n) is 19.4. The fourth-order valence-electron chi connectivity index (χ4n) is 4.20. The quantitative estimate of drug-likeness (QED) is 0.618. The molecule has 2 aromatic carbocycles. The van der Waals surface area contributed by atoms with Gasteiger partial charge in [-0.05, 0) is 88.1 Å². The first-order valence-corrected chi connectivity index (χ1v) is 11.3. The van der Waals surface area contributed by atoms with Gasteiger partial charge in [-0.25, -0.2) is 9.80 Å². The Hall–Kier alpha value is -3.45. The van der Waals surface area contributed by atoms with Crippen molar-refractivity contribution >= 4 is 46.8 Å². The number of aryl methyl sites for hydroxylation is 4. The van der Waals surface area contributed by atoms with Crippen LogP contribution in [0.4, 0.5) is 11.4 Å². The molecule has 0 aliphatic carbocycles. The molecule has 168 valence electrons. The molecule has 0 radical (unpaired) electrons. The maximum absolute atomic E-state index is 12.4. The Morgan fingerprint density at radius 2 is 0.848 bits per heavy atom. The molecule has 0 unspecified atom stereocenters. The van der Waals surface area contributed by atoms with E-state index in [1.54, 1.807) is 25.6 Å². The minimum atomic E-state index is -0.324. The first-order valence-electron chi connectivity index (χ1n) is 10.5. The third-order valence-corrected chi connectivity index (χ3v) is 7.51. The van der Waals surface area contributed by atoms with Gasteiger partial charge in [0.25, 0.3) is 23.6 Å². The van der Waals surface area contributed by atoms with Crippen LogP contribution in [0, 0.1) is 27.7 Å². The summed E-state index contributed by atoms with van der Waals surface area (Å²) in [6.07, 6.45) is 2.72. The minimum absolute atomic E-state index is 0.294. The molecule has 0 atom stereocenters. The maximum Gasteiger partial charge on any atom is 0.261 e. The molecule has 6 nitrogen and oxygen atoms in total. The van der Waals surface area contributed by atoms with Gasteiger partial charge < -0.3 is 0 Å². The monoisotopic (exact) mass is 460 g/mol. The molecule has 2 aromatic rings. The number of amides is 4. The summed E-state index contributed by atoms with van der Waals surface area (Å²) in [7, 11) is 0. The van der Waals surface area contributed by atoms with Gasteiger partial charge in [0.2, 0.25) is 0 Å². The molecule has 0 N–H and O–H groups in total. The predicted molar refractivity (Wildman–Crippen MR) is 128 cm³/mol. The minimum Gasteiger partial charge on any atom is -0.269 e. The zero-order valence-corrected chi connectivity index (χ0v) is 20.2. The second kappa shape index (κ2) is 8.15. The number of hydrogen-bond acceptors (Lipinski definition) is 5. The molecule has 2 heterocycles. The molecule has 0 saturated heterocycles. The Morgan fingerprint density at radius 3 is 1.09 bits per heavy atom. The molecule has 2 aliphatic rings. The summed E-state index contributed by atoms with van der Waals surface area (Å²) in [6.45, 7) is 11.1. The molecule has 0 bridgehead atoms. The van der Waals surface area contributed by atoms with Crippen LogP contribution in [-0.4, -0.2) is 23.6 Å². The summed E-state index contributed by atoms with van der Waals surface area (Å²) in [5.41, 5.74) is 5.80. The highest BCUT2D eigenvalue weighted by Crippen LogP contribution is 2.41. The third kappa shape index (κ3) is 3.82. The summed E-state index contributed by atoms with van der Waals surface area (Å²) >= 11 is 1.60. The van der Waals surface area contributed by atoms with Gasteiger partial charge in [0.15, 0.2) is 0 Å². The molecular formula is C26H24N2O4S. The number of hydrogen-bond donors (Lipinski definition) is 0. The lowest BCUT2D eigenvalue weighted by atomic mass is 10.1. The van der Waals surface area contributed by atoms with E-state index in [1.807, 2.05) is 52.0 Å². The van der Waals surface area contributed by atoms with Crippen molar-refractivity contribution < 1.29 is 19.2 Å². The van der Waals surface area contributed by atoms with Crippen LogP contribution < -0.4 is 9.80 Å². The second-order valence-electron chi connectivity index (χ2n) is 8.53. The van der Waals surface area contributed by atoms with Gasteiger partial charge in [0, 0.05) is 33.1 Å². The number of anilines is 2. The van der Waals surface area contributed by atoms with E-state index in [9.17, 15) is 19.2 Å². The first kappa shape index (κ1) is 22.7. The van der Waals surface area contributed by atoms with Crippen LogP contribution >= 0.6 is 11.8 Å². The van der Waals surface area contributed by atoms with E-state index in [1.165, 1.54) is 22.0 Å². The average molecular weight is 461 g/mol. The van der Waals surface area contributed by atoms with Gasteiger partial charge in [0.1, 0.15) is 0 Å². The van der Waals surface area contributed by atoms with Gasteiger partial charge in [0.05, 0.1) is 11.4 Å². The Balaban J connectivity index is 1.66. The SMILES string of the molecule is CC1=CC(=O)N(c2cc(C)c(Sc3c(C)cc(N4C(=O)C=C(C)C4=O)cc3C)c(C)c2)C1=O.